The number of amides is 6. The lowest BCUT2D eigenvalue weighted by atomic mass is 9.86. The molecule has 3 aromatic heterocycles. The molecule has 1 unspecified atom stereocenters. The summed E-state index contributed by atoms with van der Waals surface area (Å²) in [7, 11) is 0. The Labute approximate surface area is 308 Å². The quantitative estimate of drug-likeness (QED) is 0.199. The van der Waals surface area contributed by atoms with Gasteiger partial charge in [-0.15, -0.1) is 0 Å². The predicted octanol–water partition coefficient (Wildman–Crippen LogP) is 1.79. The molecule has 4 aliphatic rings. The van der Waals surface area contributed by atoms with Crippen LogP contribution in [0.2, 0.25) is 0 Å². The van der Waals surface area contributed by atoms with E-state index in [4.69, 9.17) is 4.74 Å². The van der Waals surface area contributed by atoms with Gasteiger partial charge < -0.3 is 24.8 Å². The lowest BCUT2D eigenvalue weighted by Crippen LogP contribution is -2.54. The van der Waals surface area contributed by atoms with E-state index < -0.39 is 29.7 Å². The highest BCUT2D eigenvalue weighted by atomic mass is 16.5. The zero-order chi connectivity index (χ0) is 37.5. The van der Waals surface area contributed by atoms with E-state index in [0.717, 1.165) is 41.9 Å². The van der Waals surface area contributed by atoms with Gasteiger partial charge >= 0.3 is 0 Å². The molecule has 4 aromatic rings. The lowest BCUT2D eigenvalue weighted by Gasteiger charge is -2.36. The minimum Gasteiger partial charge on any atom is -0.483 e. The number of rotatable bonds is 10. The molecule has 0 bridgehead atoms. The minimum atomic E-state index is -1.09. The second-order valence-corrected chi connectivity index (χ2v) is 14.1. The fourth-order valence-electron chi connectivity index (χ4n) is 7.57. The third-order valence-electron chi connectivity index (χ3n) is 10.6. The number of hydrogen-bond donors (Lipinski definition) is 3. The third kappa shape index (κ3) is 6.60. The van der Waals surface area contributed by atoms with Crippen LogP contribution in [-0.4, -0.2) is 108 Å². The number of pyridine rings is 1. The smallest absolute Gasteiger partial charge is 0.270 e. The number of nitrogens with one attached hydrogen (secondary N) is 3. The molecule has 1 saturated carbocycles. The number of fused-ring (bicyclic) bond motifs is 2. The zero-order valence-corrected chi connectivity index (χ0v) is 29.5. The molecule has 2 saturated heterocycles. The van der Waals surface area contributed by atoms with Crippen LogP contribution in [0.15, 0.2) is 49.1 Å². The van der Waals surface area contributed by atoms with Crippen molar-refractivity contribution in [1.82, 2.24) is 44.9 Å². The maximum Gasteiger partial charge on any atom is 0.270 e. The molecule has 17 heteroatoms. The summed E-state index contributed by atoms with van der Waals surface area (Å²) in [5, 5.41) is 8.68. The number of aryl methyl sites for hydroxylation is 1. The number of likely N-dealkylation sites (tertiary alicyclic amines) is 1. The first-order valence-electron chi connectivity index (χ1n) is 18.1. The standard InChI is InChI=1S/C37H38N10O7/c1-20-4-2-6-25(42-20)34(50)43-22-14-23(15-22)46-19-41-31-32(39-18-40-33(31)46)38-16-21-10-12-45(13-11-21)29(49)17-54-27-7-3-5-24-30(27)37(53)47(36(24)52)26-8-9-28(48)44-35(26)51/h2-7,18-19,21-23,26H,8-17H2,1H3,(H,43,50)(H,38,39,40)(H,44,48,51). The number of aromatic nitrogens is 5. The van der Waals surface area contributed by atoms with E-state index in [1.807, 2.05) is 23.6 Å². The number of imidazole rings is 1. The van der Waals surface area contributed by atoms with E-state index in [1.165, 1.54) is 18.5 Å². The molecule has 1 aliphatic carbocycles. The normalized spacial score (nSPS) is 21.5. The van der Waals surface area contributed by atoms with Crippen LogP contribution in [0.4, 0.5) is 5.82 Å². The zero-order valence-electron chi connectivity index (χ0n) is 29.5. The largest absolute Gasteiger partial charge is 0.483 e. The molecule has 54 heavy (non-hydrogen) atoms. The van der Waals surface area contributed by atoms with Crippen LogP contribution < -0.4 is 20.7 Å². The average molecular weight is 735 g/mol. The molecule has 3 N–H and O–H groups in total. The molecule has 1 atom stereocenters. The van der Waals surface area contributed by atoms with Crippen LogP contribution in [0.25, 0.3) is 11.2 Å². The van der Waals surface area contributed by atoms with Gasteiger partial charge in [0.2, 0.25) is 11.8 Å². The van der Waals surface area contributed by atoms with Gasteiger partial charge in [-0.3, -0.25) is 39.0 Å². The van der Waals surface area contributed by atoms with Gasteiger partial charge in [0, 0.05) is 43.8 Å². The SMILES string of the molecule is Cc1cccc(C(=O)NC2CC(n3cnc4c(NCC5CCN(C(=O)COc6cccc7c6C(=O)N(C6CCC(=O)NC6=O)C7=O)CC5)ncnc43)C2)n1. The molecular formula is C37H38N10O7. The third-order valence-corrected chi connectivity index (χ3v) is 10.6. The average Bonchev–Trinajstić information content (AvgIpc) is 3.69. The van der Waals surface area contributed by atoms with Crippen molar-refractivity contribution in [3.63, 3.8) is 0 Å². The van der Waals surface area contributed by atoms with Gasteiger partial charge in [0.25, 0.3) is 23.6 Å². The first kappa shape index (κ1) is 34.8. The fraction of sp³-hybridized carbons (Fsp3) is 0.405. The van der Waals surface area contributed by atoms with Crippen LogP contribution in [0.5, 0.6) is 5.75 Å². The Balaban J connectivity index is 0.811. The Kier molecular flexibility index (Phi) is 9.21. The summed E-state index contributed by atoms with van der Waals surface area (Å²) in [5.74, 6) is -1.90. The van der Waals surface area contributed by atoms with E-state index in [-0.39, 0.29) is 66.1 Å². The van der Waals surface area contributed by atoms with Crippen LogP contribution in [0.3, 0.4) is 0 Å². The second kappa shape index (κ2) is 14.3. The Morgan fingerprint density at radius 2 is 1.76 bits per heavy atom. The Morgan fingerprint density at radius 3 is 2.54 bits per heavy atom. The van der Waals surface area contributed by atoms with Gasteiger partial charge in [-0.2, -0.15) is 0 Å². The second-order valence-electron chi connectivity index (χ2n) is 14.1. The molecule has 0 radical (unpaired) electrons. The highest BCUT2D eigenvalue weighted by Gasteiger charge is 2.46. The molecule has 278 valence electrons. The topological polar surface area (TPSA) is 211 Å². The van der Waals surface area contributed by atoms with Crippen LogP contribution in [0.1, 0.15) is 81.5 Å². The van der Waals surface area contributed by atoms with Crippen molar-refractivity contribution in [2.45, 2.75) is 63.6 Å². The van der Waals surface area contributed by atoms with Crippen molar-refractivity contribution in [1.29, 1.82) is 0 Å². The monoisotopic (exact) mass is 734 g/mol. The van der Waals surface area contributed by atoms with E-state index in [0.29, 0.717) is 36.7 Å². The Hall–Kier alpha value is -6.26. The van der Waals surface area contributed by atoms with Crippen LogP contribution in [0, 0.1) is 12.8 Å². The maximum atomic E-state index is 13.3. The summed E-state index contributed by atoms with van der Waals surface area (Å²) in [6.07, 6.45) is 6.37. The van der Waals surface area contributed by atoms with Crippen molar-refractivity contribution in [2.24, 2.45) is 5.92 Å². The maximum absolute atomic E-state index is 13.3. The molecule has 17 nitrogen and oxygen atoms in total. The number of ether oxygens (including phenoxy) is 1. The molecule has 6 heterocycles. The number of hydrogen-bond acceptors (Lipinski definition) is 12. The summed E-state index contributed by atoms with van der Waals surface area (Å²) in [6, 6.07) is 9.04. The molecule has 3 fully saturated rings. The highest BCUT2D eigenvalue weighted by Crippen LogP contribution is 2.36. The first-order valence-corrected chi connectivity index (χ1v) is 18.1. The molecule has 6 amide bonds. The van der Waals surface area contributed by atoms with E-state index >= 15 is 0 Å². The minimum absolute atomic E-state index is 0.00508. The van der Waals surface area contributed by atoms with Crippen molar-refractivity contribution in [3.05, 3.63) is 71.6 Å². The van der Waals surface area contributed by atoms with Gasteiger partial charge in [-0.05, 0) is 69.2 Å². The molecule has 8 rings (SSSR count). The predicted molar refractivity (Wildman–Crippen MR) is 190 cm³/mol. The number of piperidine rings is 2. The fourth-order valence-corrected chi connectivity index (χ4v) is 7.57. The van der Waals surface area contributed by atoms with Crippen LogP contribution in [-0.2, 0) is 14.4 Å². The highest BCUT2D eigenvalue weighted by molar-refractivity contribution is 6.24. The number of imide groups is 2. The Bertz CT molecular complexity index is 2190. The summed E-state index contributed by atoms with van der Waals surface area (Å²) in [5.41, 5.74) is 2.69. The van der Waals surface area contributed by atoms with Crippen LogP contribution >= 0.6 is 0 Å². The lowest BCUT2D eigenvalue weighted by molar-refractivity contribution is -0.136. The molecule has 0 spiro atoms. The van der Waals surface area contributed by atoms with E-state index in [2.05, 4.69) is 35.9 Å². The summed E-state index contributed by atoms with van der Waals surface area (Å²) < 4.78 is 7.84. The van der Waals surface area contributed by atoms with Gasteiger partial charge in [0.05, 0.1) is 17.5 Å². The number of benzene rings is 1. The summed E-state index contributed by atoms with van der Waals surface area (Å²) >= 11 is 0. The van der Waals surface area contributed by atoms with Crippen molar-refractivity contribution >= 4 is 52.4 Å². The summed E-state index contributed by atoms with van der Waals surface area (Å²) in [4.78, 5) is 96.7. The van der Waals surface area contributed by atoms with Crippen molar-refractivity contribution < 1.29 is 33.5 Å². The first-order chi connectivity index (χ1) is 26.1. The summed E-state index contributed by atoms with van der Waals surface area (Å²) in [6.45, 7) is 3.22. The number of anilines is 1. The van der Waals surface area contributed by atoms with Crippen molar-refractivity contribution in [3.8, 4) is 5.75 Å². The molecule has 1 aromatic carbocycles. The van der Waals surface area contributed by atoms with Gasteiger partial charge in [-0.25, -0.2) is 19.9 Å². The van der Waals surface area contributed by atoms with E-state index in [1.54, 1.807) is 23.4 Å². The Morgan fingerprint density at radius 1 is 0.963 bits per heavy atom. The van der Waals surface area contributed by atoms with Gasteiger partial charge in [0.1, 0.15) is 29.3 Å². The molecular weight excluding hydrogens is 696 g/mol. The van der Waals surface area contributed by atoms with Gasteiger partial charge in [-0.1, -0.05) is 12.1 Å². The van der Waals surface area contributed by atoms with E-state index in [9.17, 15) is 28.8 Å². The number of carbonyl (C=O) groups excluding carboxylic acids is 6. The number of carbonyl (C=O) groups is 6. The molecule has 3 aliphatic heterocycles. The van der Waals surface area contributed by atoms with Gasteiger partial charge in [0.15, 0.2) is 18.1 Å². The number of nitrogens with zero attached hydrogens (tertiary/aromatic N) is 7. The van der Waals surface area contributed by atoms with Crippen molar-refractivity contribution in [2.75, 3.05) is 31.6 Å².